The number of aryl methyl sites for hydroxylation is 2. The lowest BCUT2D eigenvalue weighted by Crippen LogP contribution is -2.27. The van der Waals surface area contributed by atoms with Crippen molar-refractivity contribution in [2.24, 2.45) is 0 Å². The van der Waals surface area contributed by atoms with Crippen molar-refractivity contribution in [1.82, 2.24) is 19.6 Å². The normalized spacial score (nSPS) is 11.9. The highest BCUT2D eigenvalue weighted by molar-refractivity contribution is 7.89. The van der Waals surface area contributed by atoms with Crippen molar-refractivity contribution in [3.05, 3.63) is 12.0 Å². The molecule has 0 aliphatic heterocycles. The second-order valence-corrected chi connectivity index (χ2v) is 5.48. The van der Waals surface area contributed by atoms with E-state index in [2.05, 4.69) is 15.0 Å². The van der Waals surface area contributed by atoms with Crippen LogP contribution in [-0.4, -0.2) is 38.1 Å². The number of nitrogens with zero attached hydrogens (tertiary/aromatic N) is 2. The van der Waals surface area contributed by atoms with Gasteiger partial charge in [-0.15, -0.1) is 0 Å². The summed E-state index contributed by atoms with van der Waals surface area (Å²) < 4.78 is 28.1. The summed E-state index contributed by atoms with van der Waals surface area (Å²) in [6, 6.07) is 0. The van der Waals surface area contributed by atoms with Crippen LogP contribution in [0.5, 0.6) is 0 Å². The standard InChI is InChI=1S/C10H20N4O2S/c1-4-14-8-10(13-9(14)2)17(15,16)12-7-5-6-11-3/h8,11-12H,4-7H2,1-3H3. The predicted octanol–water partition coefficient (Wildman–Crippen LogP) is 0.0992. The summed E-state index contributed by atoms with van der Waals surface area (Å²) in [6.07, 6.45) is 2.32. The molecule has 1 rings (SSSR count). The van der Waals surface area contributed by atoms with Gasteiger partial charge in [0.2, 0.25) is 0 Å². The maximum atomic E-state index is 11.9. The highest BCUT2D eigenvalue weighted by Crippen LogP contribution is 2.08. The Morgan fingerprint density at radius 1 is 1.41 bits per heavy atom. The summed E-state index contributed by atoms with van der Waals surface area (Å²) in [6.45, 7) is 5.66. The molecule has 0 aromatic carbocycles. The molecule has 0 unspecified atom stereocenters. The maximum Gasteiger partial charge on any atom is 0.259 e. The fraction of sp³-hybridized carbons (Fsp3) is 0.700. The van der Waals surface area contributed by atoms with E-state index >= 15 is 0 Å². The van der Waals surface area contributed by atoms with Crippen molar-refractivity contribution in [1.29, 1.82) is 0 Å². The molecule has 0 saturated carbocycles. The summed E-state index contributed by atoms with van der Waals surface area (Å²) in [4.78, 5) is 4.05. The largest absolute Gasteiger partial charge is 0.334 e. The Bertz CT molecular complexity index is 453. The van der Waals surface area contributed by atoms with Crippen LogP contribution in [0.4, 0.5) is 0 Å². The molecule has 17 heavy (non-hydrogen) atoms. The van der Waals surface area contributed by atoms with E-state index in [4.69, 9.17) is 0 Å². The molecule has 0 bridgehead atoms. The van der Waals surface area contributed by atoms with E-state index in [1.54, 1.807) is 13.1 Å². The van der Waals surface area contributed by atoms with Gasteiger partial charge < -0.3 is 9.88 Å². The maximum absolute atomic E-state index is 11.9. The fourth-order valence-corrected chi connectivity index (χ4v) is 2.55. The van der Waals surface area contributed by atoms with E-state index in [1.807, 2.05) is 18.5 Å². The molecule has 0 aliphatic carbocycles. The molecule has 0 saturated heterocycles. The third-order valence-corrected chi connectivity index (χ3v) is 3.80. The molecule has 0 atom stereocenters. The third-order valence-electron chi connectivity index (χ3n) is 2.47. The van der Waals surface area contributed by atoms with Crippen LogP contribution in [0.1, 0.15) is 19.2 Å². The molecule has 0 spiro atoms. The van der Waals surface area contributed by atoms with Gasteiger partial charge in [0, 0.05) is 19.3 Å². The molecule has 0 radical (unpaired) electrons. The molecular formula is C10H20N4O2S. The molecule has 2 N–H and O–H groups in total. The van der Waals surface area contributed by atoms with Crippen LogP contribution in [0.15, 0.2) is 11.2 Å². The van der Waals surface area contributed by atoms with Crippen LogP contribution in [-0.2, 0) is 16.6 Å². The van der Waals surface area contributed by atoms with Crippen LogP contribution < -0.4 is 10.0 Å². The molecule has 7 heteroatoms. The quantitative estimate of drug-likeness (QED) is 0.682. The molecule has 1 aromatic heterocycles. The first-order valence-corrected chi connectivity index (χ1v) is 7.17. The van der Waals surface area contributed by atoms with E-state index in [9.17, 15) is 8.42 Å². The SMILES string of the molecule is CCn1cc(S(=O)(=O)NCCCNC)nc1C. The molecule has 6 nitrogen and oxygen atoms in total. The van der Waals surface area contributed by atoms with Gasteiger partial charge in [0.05, 0.1) is 0 Å². The van der Waals surface area contributed by atoms with E-state index < -0.39 is 10.0 Å². The van der Waals surface area contributed by atoms with Gasteiger partial charge in [-0.2, -0.15) is 0 Å². The molecule has 1 aromatic rings. The van der Waals surface area contributed by atoms with Gasteiger partial charge in [0.15, 0.2) is 5.03 Å². The number of aromatic nitrogens is 2. The summed E-state index contributed by atoms with van der Waals surface area (Å²) in [5, 5.41) is 3.06. The van der Waals surface area contributed by atoms with Crippen LogP contribution >= 0.6 is 0 Å². The molecule has 0 fully saturated rings. The van der Waals surface area contributed by atoms with Crippen molar-refractivity contribution in [2.75, 3.05) is 20.1 Å². The van der Waals surface area contributed by atoms with Crippen LogP contribution in [0.3, 0.4) is 0 Å². The van der Waals surface area contributed by atoms with Crippen molar-refractivity contribution < 1.29 is 8.42 Å². The second kappa shape index (κ2) is 6.13. The van der Waals surface area contributed by atoms with Gasteiger partial charge in [0.1, 0.15) is 5.82 Å². The zero-order valence-electron chi connectivity index (χ0n) is 10.5. The number of hydrogen-bond donors (Lipinski definition) is 2. The van der Waals surface area contributed by atoms with Crippen molar-refractivity contribution in [2.45, 2.75) is 31.8 Å². The first-order valence-electron chi connectivity index (χ1n) is 5.69. The topological polar surface area (TPSA) is 76.0 Å². The van der Waals surface area contributed by atoms with Crippen LogP contribution in [0.25, 0.3) is 0 Å². The number of imidazole rings is 1. The zero-order chi connectivity index (χ0) is 12.9. The van der Waals surface area contributed by atoms with E-state index in [0.717, 1.165) is 13.0 Å². The van der Waals surface area contributed by atoms with E-state index in [-0.39, 0.29) is 5.03 Å². The molecule has 1 heterocycles. The molecule has 0 aliphatic rings. The Kier molecular flexibility index (Phi) is 5.10. The van der Waals surface area contributed by atoms with Gasteiger partial charge in [0.25, 0.3) is 10.0 Å². The molecule has 0 amide bonds. The lowest BCUT2D eigenvalue weighted by Gasteiger charge is -2.03. The number of hydrogen-bond acceptors (Lipinski definition) is 4. The first kappa shape index (κ1) is 14.1. The Morgan fingerprint density at radius 2 is 2.12 bits per heavy atom. The summed E-state index contributed by atoms with van der Waals surface area (Å²) in [7, 11) is -1.63. The lowest BCUT2D eigenvalue weighted by molar-refractivity contribution is 0.573. The Labute approximate surface area is 102 Å². The second-order valence-electron chi connectivity index (χ2n) is 3.77. The highest BCUT2D eigenvalue weighted by atomic mass is 32.2. The van der Waals surface area contributed by atoms with Crippen molar-refractivity contribution in [3.8, 4) is 0 Å². The number of rotatable bonds is 7. The van der Waals surface area contributed by atoms with Crippen molar-refractivity contribution in [3.63, 3.8) is 0 Å². The number of sulfonamides is 1. The monoisotopic (exact) mass is 260 g/mol. The Hall–Kier alpha value is -0.920. The van der Waals surface area contributed by atoms with Gasteiger partial charge in [-0.3, -0.25) is 0 Å². The predicted molar refractivity (Wildman–Crippen MR) is 66.4 cm³/mol. The smallest absolute Gasteiger partial charge is 0.259 e. The van der Waals surface area contributed by atoms with Gasteiger partial charge in [-0.25, -0.2) is 18.1 Å². The van der Waals surface area contributed by atoms with Gasteiger partial charge >= 0.3 is 0 Å². The minimum atomic E-state index is -3.46. The van der Waals surface area contributed by atoms with Gasteiger partial charge in [-0.1, -0.05) is 0 Å². The van der Waals surface area contributed by atoms with Gasteiger partial charge in [-0.05, 0) is 33.9 Å². The number of nitrogens with one attached hydrogen (secondary N) is 2. The zero-order valence-corrected chi connectivity index (χ0v) is 11.3. The lowest BCUT2D eigenvalue weighted by atomic mass is 10.4. The minimum absolute atomic E-state index is 0.0984. The highest BCUT2D eigenvalue weighted by Gasteiger charge is 2.17. The summed E-state index contributed by atoms with van der Waals surface area (Å²) in [5.41, 5.74) is 0. The summed E-state index contributed by atoms with van der Waals surface area (Å²) in [5.74, 6) is 0.711. The fourth-order valence-electron chi connectivity index (χ4n) is 1.47. The molecule has 98 valence electrons. The average molecular weight is 260 g/mol. The van der Waals surface area contributed by atoms with E-state index in [1.165, 1.54) is 0 Å². The van der Waals surface area contributed by atoms with E-state index in [0.29, 0.717) is 18.9 Å². The average Bonchev–Trinajstić information content (AvgIpc) is 2.67. The Balaban J connectivity index is 2.69. The van der Waals surface area contributed by atoms with Crippen LogP contribution in [0, 0.1) is 6.92 Å². The first-order chi connectivity index (χ1) is 8.01. The molecular weight excluding hydrogens is 240 g/mol. The minimum Gasteiger partial charge on any atom is -0.334 e. The third kappa shape index (κ3) is 3.79. The Morgan fingerprint density at radius 3 is 2.65 bits per heavy atom. The van der Waals surface area contributed by atoms with Crippen LogP contribution in [0.2, 0.25) is 0 Å². The van der Waals surface area contributed by atoms with Crippen molar-refractivity contribution >= 4 is 10.0 Å². The summed E-state index contributed by atoms with van der Waals surface area (Å²) >= 11 is 0.